The number of rotatable bonds is 3. The van der Waals surface area contributed by atoms with Gasteiger partial charge < -0.3 is 19.2 Å². The number of aryl methyl sites for hydroxylation is 2. The Balaban J connectivity index is 1.57. The maximum Gasteiger partial charge on any atom is 0.419 e. The summed E-state index contributed by atoms with van der Waals surface area (Å²) in [7, 11) is 0. The quantitative estimate of drug-likeness (QED) is 0.759. The summed E-state index contributed by atoms with van der Waals surface area (Å²) in [5.41, 5.74) is 2.55. The lowest BCUT2D eigenvalue weighted by atomic mass is 9.99. The van der Waals surface area contributed by atoms with Crippen LogP contribution in [0.15, 0.2) is 38.0 Å². The van der Waals surface area contributed by atoms with Crippen molar-refractivity contribution in [3.8, 4) is 0 Å². The standard InChI is InChI=1S/C19H22N4O4/c1-3-22-16-8-7-13(11-17(16)26-19(22)25)20-18(24)23-9-5-4-6-15(23)14-10-12(2)27-21-14/h7-8,10-11,15H,3-6,9H2,1-2H3,(H,20,24)/t15-/m0/s1. The average molecular weight is 370 g/mol. The van der Waals surface area contributed by atoms with Crippen molar-refractivity contribution in [3.63, 3.8) is 0 Å². The maximum absolute atomic E-state index is 12.9. The van der Waals surface area contributed by atoms with Crippen LogP contribution < -0.4 is 11.1 Å². The molecule has 142 valence electrons. The predicted octanol–water partition coefficient (Wildman–Crippen LogP) is 3.67. The first-order valence-electron chi connectivity index (χ1n) is 9.21. The lowest BCUT2D eigenvalue weighted by molar-refractivity contribution is 0.159. The molecule has 1 fully saturated rings. The molecule has 1 atom stereocenters. The number of nitrogens with one attached hydrogen (secondary N) is 1. The minimum Gasteiger partial charge on any atom is -0.408 e. The van der Waals surface area contributed by atoms with Gasteiger partial charge in [-0.25, -0.2) is 9.59 Å². The lowest BCUT2D eigenvalue weighted by Crippen LogP contribution is -2.41. The summed E-state index contributed by atoms with van der Waals surface area (Å²) >= 11 is 0. The zero-order valence-electron chi connectivity index (χ0n) is 15.4. The zero-order valence-corrected chi connectivity index (χ0v) is 15.4. The summed E-state index contributed by atoms with van der Waals surface area (Å²) in [5, 5.41) is 7.01. The van der Waals surface area contributed by atoms with E-state index in [4.69, 9.17) is 8.94 Å². The molecule has 1 saturated heterocycles. The normalized spacial score (nSPS) is 17.4. The molecule has 0 saturated carbocycles. The van der Waals surface area contributed by atoms with Gasteiger partial charge in [-0.2, -0.15) is 0 Å². The molecule has 3 heterocycles. The van der Waals surface area contributed by atoms with Crippen LogP contribution in [0, 0.1) is 6.92 Å². The number of hydrogen-bond donors (Lipinski definition) is 1. The van der Waals surface area contributed by atoms with Crippen LogP contribution in [0.4, 0.5) is 10.5 Å². The van der Waals surface area contributed by atoms with Crippen LogP contribution in [0.3, 0.4) is 0 Å². The van der Waals surface area contributed by atoms with Crippen LogP contribution in [-0.2, 0) is 6.54 Å². The molecule has 1 aliphatic rings. The van der Waals surface area contributed by atoms with Gasteiger partial charge in [-0.1, -0.05) is 5.16 Å². The summed E-state index contributed by atoms with van der Waals surface area (Å²) in [6.45, 7) is 4.92. The van der Waals surface area contributed by atoms with Gasteiger partial charge in [0.2, 0.25) is 0 Å². The van der Waals surface area contributed by atoms with Crippen molar-refractivity contribution in [2.75, 3.05) is 11.9 Å². The van der Waals surface area contributed by atoms with Gasteiger partial charge in [0.05, 0.1) is 11.6 Å². The second-order valence-corrected chi connectivity index (χ2v) is 6.79. The first kappa shape index (κ1) is 17.4. The van der Waals surface area contributed by atoms with Gasteiger partial charge in [-0.05, 0) is 45.2 Å². The molecule has 2 amide bonds. The van der Waals surface area contributed by atoms with Crippen molar-refractivity contribution in [2.24, 2.45) is 0 Å². The van der Waals surface area contributed by atoms with Crippen molar-refractivity contribution < 1.29 is 13.7 Å². The molecule has 1 aliphatic heterocycles. The SMILES string of the molecule is CCn1c(=O)oc2cc(NC(=O)N3CCCC[C@H]3c3cc(C)on3)ccc21. The molecule has 4 rings (SSSR count). The summed E-state index contributed by atoms with van der Waals surface area (Å²) in [4.78, 5) is 26.5. The Bertz CT molecular complexity index is 1030. The number of likely N-dealkylation sites (tertiary alicyclic amines) is 1. The number of carbonyl (C=O) groups is 1. The Kier molecular flexibility index (Phi) is 4.47. The van der Waals surface area contributed by atoms with Crippen LogP contribution >= 0.6 is 0 Å². The summed E-state index contributed by atoms with van der Waals surface area (Å²) in [5.74, 6) is 0.338. The number of benzene rings is 1. The summed E-state index contributed by atoms with van der Waals surface area (Å²) < 4.78 is 12.0. The van der Waals surface area contributed by atoms with Gasteiger partial charge in [0.1, 0.15) is 11.5 Å². The summed E-state index contributed by atoms with van der Waals surface area (Å²) in [6.07, 6.45) is 2.85. The molecule has 2 aromatic heterocycles. The van der Waals surface area contributed by atoms with E-state index in [1.807, 2.05) is 19.9 Å². The Morgan fingerprint density at radius 2 is 2.19 bits per heavy atom. The van der Waals surface area contributed by atoms with Gasteiger partial charge in [0, 0.05) is 30.9 Å². The van der Waals surface area contributed by atoms with Crippen LogP contribution in [-0.4, -0.2) is 27.2 Å². The van der Waals surface area contributed by atoms with Crippen molar-refractivity contribution in [2.45, 2.75) is 45.7 Å². The third-order valence-electron chi connectivity index (χ3n) is 4.99. The number of anilines is 1. The first-order valence-corrected chi connectivity index (χ1v) is 9.21. The highest BCUT2D eigenvalue weighted by Crippen LogP contribution is 2.31. The van der Waals surface area contributed by atoms with Crippen molar-refractivity contribution in [3.05, 3.63) is 46.3 Å². The van der Waals surface area contributed by atoms with Gasteiger partial charge in [0.15, 0.2) is 5.58 Å². The van der Waals surface area contributed by atoms with E-state index in [1.165, 1.54) is 0 Å². The number of carbonyl (C=O) groups excluding carboxylic acids is 1. The average Bonchev–Trinajstić information content (AvgIpc) is 3.23. The molecule has 0 spiro atoms. The Hall–Kier alpha value is -3.03. The molecule has 1 N–H and O–H groups in total. The number of piperidine rings is 1. The van der Waals surface area contributed by atoms with Crippen LogP contribution in [0.25, 0.3) is 11.1 Å². The molecular weight excluding hydrogens is 348 g/mol. The number of urea groups is 1. The van der Waals surface area contributed by atoms with Gasteiger partial charge >= 0.3 is 11.8 Å². The number of aromatic nitrogens is 2. The Labute approximate surface area is 155 Å². The molecule has 3 aromatic rings. The minimum atomic E-state index is -0.395. The molecule has 1 aromatic carbocycles. The molecule has 0 aliphatic carbocycles. The molecule has 0 unspecified atom stereocenters. The number of oxazole rings is 1. The highest BCUT2D eigenvalue weighted by Gasteiger charge is 2.30. The van der Waals surface area contributed by atoms with Crippen LogP contribution in [0.5, 0.6) is 0 Å². The van der Waals surface area contributed by atoms with Crippen molar-refractivity contribution in [1.82, 2.24) is 14.6 Å². The van der Waals surface area contributed by atoms with E-state index in [2.05, 4.69) is 10.5 Å². The molecule has 8 nitrogen and oxygen atoms in total. The minimum absolute atomic E-state index is 0.0981. The molecule has 0 radical (unpaired) electrons. The van der Waals surface area contributed by atoms with E-state index < -0.39 is 5.76 Å². The molecule has 8 heteroatoms. The number of hydrogen-bond acceptors (Lipinski definition) is 5. The van der Waals surface area contributed by atoms with E-state index in [9.17, 15) is 9.59 Å². The largest absolute Gasteiger partial charge is 0.419 e. The predicted molar refractivity (Wildman–Crippen MR) is 99.7 cm³/mol. The smallest absolute Gasteiger partial charge is 0.408 e. The van der Waals surface area contributed by atoms with Gasteiger partial charge in [-0.3, -0.25) is 4.57 Å². The highest BCUT2D eigenvalue weighted by atomic mass is 16.5. The van der Waals surface area contributed by atoms with E-state index in [0.29, 0.717) is 24.4 Å². The summed E-state index contributed by atoms with van der Waals surface area (Å²) in [6, 6.07) is 6.83. The fraction of sp³-hybridized carbons (Fsp3) is 0.421. The Morgan fingerprint density at radius 3 is 2.93 bits per heavy atom. The third-order valence-corrected chi connectivity index (χ3v) is 4.99. The van der Waals surface area contributed by atoms with E-state index in [-0.39, 0.29) is 12.1 Å². The number of amides is 2. The van der Waals surface area contributed by atoms with E-state index in [1.54, 1.807) is 27.7 Å². The van der Waals surface area contributed by atoms with Gasteiger partial charge in [-0.15, -0.1) is 0 Å². The maximum atomic E-state index is 12.9. The zero-order chi connectivity index (χ0) is 19.0. The fourth-order valence-corrected chi connectivity index (χ4v) is 3.66. The fourth-order valence-electron chi connectivity index (χ4n) is 3.66. The second kappa shape index (κ2) is 6.94. The second-order valence-electron chi connectivity index (χ2n) is 6.79. The van der Waals surface area contributed by atoms with E-state index >= 15 is 0 Å². The van der Waals surface area contributed by atoms with Gasteiger partial charge in [0.25, 0.3) is 0 Å². The van der Waals surface area contributed by atoms with E-state index in [0.717, 1.165) is 36.2 Å². The monoisotopic (exact) mass is 370 g/mol. The van der Waals surface area contributed by atoms with Crippen LogP contribution in [0.1, 0.15) is 43.7 Å². The van der Waals surface area contributed by atoms with Crippen LogP contribution in [0.2, 0.25) is 0 Å². The van der Waals surface area contributed by atoms with Crippen molar-refractivity contribution >= 4 is 22.8 Å². The van der Waals surface area contributed by atoms with Crippen molar-refractivity contribution in [1.29, 1.82) is 0 Å². The number of nitrogens with zero attached hydrogens (tertiary/aromatic N) is 3. The lowest BCUT2D eigenvalue weighted by Gasteiger charge is -2.34. The Morgan fingerprint density at radius 1 is 1.33 bits per heavy atom. The molecule has 0 bridgehead atoms. The first-order chi connectivity index (χ1) is 13.1. The molecule has 27 heavy (non-hydrogen) atoms. The number of fused-ring (bicyclic) bond motifs is 1. The molecular formula is C19H22N4O4. The highest BCUT2D eigenvalue weighted by molar-refractivity contribution is 5.92. The topological polar surface area (TPSA) is 93.5 Å². The third kappa shape index (κ3) is 3.22.